The monoisotopic (exact) mass is 353 g/mol. The van der Waals surface area contributed by atoms with Crippen LogP contribution in [0.4, 0.5) is 0 Å². The fourth-order valence-electron chi connectivity index (χ4n) is 2.96. The molecule has 0 radical (unpaired) electrons. The summed E-state index contributed by atoms with van der Waals surface area (Å²) in [7, 11) is 1.58. The number of ether oxygens (including phenoxy) is 1. The lowest BCUT2D eigenvalue weighted by Gasteiger charge is -2.31. The second-order valence-corrected chi connectivity index (χ2v) is 6.12. The highest BCUT2D eigenvalue weighted by Crippen LogP contribution is 2.18. The maximum Gasteiger partial charge on any atom is 0.252 e. The molecule has 0 unspecified atom stereocenters. The number of benzene rings is 2. The summed E-state index contributed by atoms with van der Waals surface area (Å²) in [6.45, 7) is 2.81. The summed E-state index contributed by atoms with van der Waals surface area (Å²) in [4.78, 5) is 27.5. The van der Waals surface area contributed by atoms with Gasteiger partial charge in [0.15, 0.2) is 0 Å². The van der Waals surface area contributed by atoms with Gasteiger partial charge in [-0.25, -0.2) is 0 Å². The molecule has 2 aromatic carbocycles. The summed E-state index contributed by atoms with van der Waals surface area (Å²) >= 11 is 0. The van der Waals surface area contributed by atoms with E-state index in [1.165, 1.54) is 0 Å². The molecule has 136 valence electrons. The van der Waals surface area contributed by atoms with Gasteiger partial charge in [-0.2, -0.15) is 0 Å². The van der Waals surface area contributed by atoms with Gasteiger partial charge in [-0.3, -0.25) is 9.59 Å². The van der Waals surface area contributed by atoms with Crippen LogP contribution in [0.5, 0.6) is 5.75 Å². The molecule has 1 aliphatic heterocycles. The van der Waals surface area contributed by atoms with Crippen molar-refractivity contribution in [3.05, 3.63) is 65.7 Å². The van der Waals surface area contributed by atoms with Gasteiger partial charge >= 0.3 is 0 Å². The lowest BCUT2D eigenvalue weighted by Crippen LogP contribution is -2.50. The van der Waals surface area contributed by atoms with Crippen LogP contribution in [0.1, 0.15) is 22.0 Å². The number of amides is 2. The van der Waals surface area contributed by atoms with Crippen molar-refractivity contribution in [1.29, 1.82) is 0 Å². The van der Waals surface area contributed by atoms with E-state index in [4.69, 9.17) is 4.74 Å². The van der Waals surface area contributed by atoms with Gasteiger partial charge in [0.05, 0.1) is 7.11 Å². The number of nitrogens with zero attached hydrogens (tertiary/aromatic N) is 1. The molecule has 0 bridgehead atoms. The van der Waals surface area contributed by atoms with Crippen molar-refractivity contribution in [3.8, 4) is 5.75 Å². The lowest BCUT2D eigenvalue weighted by molar-refractivity contribution is -0.134. The third-order valence-electron chi connectivity index (χ3n) is 4.44. The Morgan fingerprint density at radius 2 is 1.69 bits per heavy atom. The number of nitrogens with one attached hydrogen (secondary N) is 2. The van der Waals surface area contributed by atoms with Gasteiger partial charge < -0.3 is 20.3 Å². The van der Waals surface area contributed by atoms with E-state index in [1.54, 1.807) is 36.3 Å². The summed E-state index contributed by atoms with van der Waals surface area (Å²) < 4.78 is 5.12. The van der Waals surface area contributed by atoms with Crippen LogP contribution in [-0.4, -0.2) is 50.0 Å². The number of methoxy groups -OCH3 is 1. The summed E-state index contributed by atoms with van der Waals surface area (Å²) in [6.07, 6.45) is 0. The zero-order valence-corrected chi connectivity index (χ0v) is 14.8. The van der Waals surface area contributed by atoms with E-state index in [1.807, 2.05) is 30.3 Å². The van der Waals surface area contributed by atoms with Crippen LogP contribution in [0.25, 0.3) is 0 Å². The van der Waals surface area contributed by atoms with Gasteiger partial charge in [0.1, 0.15) is 11.8 Å². The van der Waals surface area contributed by atoms with E-state index in [9.17, 15) is 9.59 Å². The van der Waals surface area contributed by atoms with Gasteiger partial charge in [0.25, 0.3) is 5.91 Å². The predicted molar refractivity (Wildman–Crippen MR) is 99.1 cm³/mol. The Kier molecular flexibility index (Phi) is 5.86. The molecule has 2 amide bonds. The Morgan fingerprint density at radius 3 is 2.31 bits per heavy atom. The van der Waals surface area contributed by atoms with Gasteiger partial charge in [-0.15, -0.1) is 0 Å². The fourth-order valence-corrected chi connectivity index (χ4v) is 2.96. The van der Waals surface area contributed by atoms with Crippen molar-refractivity contribution < 1.29 is 14.3 Å². The molecule has 0 spiro atoms. The van der Waals surface area contributed by atoms with Crippen molar-refractivity contribution in [1.82, 2.24) is 15.5 Å². The first-order valence-electron chi connectivity index (χ1n) is 8.68. The average molecular weight is 353 g/mol. The first-order chi connectivity index (χ1) is 12.7. The minimum atomic E-state index is -0.705. The molecule has 0 aromatic heterocycles. The minimum Gasteiger partial charge on any atom is -0.497 e. The summed E-state index contributed by atoms with van der Waals surface area (Å²) in [6, 6.07) is 15.5. The van der Waals surface area contributed by atoms with E-state index >= 15 is 0 Å². The lowest BCUT2D eigenvalue weighted by atomic mass is 10.0. The number of hydrogen-bond donors (Lipinski definition) is 2. The molecule has 1 heterocycles. The first kappa shape index (κ1) is 17.9. The largest absolute Gasteiger partial charge is 0.497 e. The van der Waals surface area contributed by atoms with Crippen LogP contribution in [0.3, 0.4) is 0 Å². The minimum absolute atomic E-state index is 0.0837. The quantitative estimate of drug-likeness (QED) is 0.857. The van der Waals surface area contributed by atoms with E-state index in [0.29, 0.717) is 24.4 Å². The van der Waals surface area contributed by atoms with Crippen LogP contribution < -0.4 is 15.4 Å². The van der Waals surface area contributed by atoms with Crippen LogP contribution in [0, 0.1) is 0 Å². The number of rotatable bonds is 5. The SMILES string of the molecule is COc1ccc(C(=O)N[C@@H](C(=O)N2CCNCC2)c2ccccc2)cc1. The molecule has 26 heavy (non-hydrogen) atoms. The molecule has 1 fully saturated rings. The highest BCUT2D eigenvalue weighted by atomic mass is 16.5. The third kappa shape index (κ3) is 4.21. The van der Waals surface area contributed by atoms with E-state index < -0.39 is 6.04 Å². The molecule has 0 saturated carbocycles. The van der Waals surface area contributed by atoms with E-state index in [-0.39, 0.29) is 11.8 Å². The molecule has 0 aliphatic carbocycles. The maximum atomic E-state index is 13.0. The van der Waals surface area contributed by atoms with E-state index in [0.717, 1.165) is 18.7 Å². The maximum absolute atomic E-state index is 13.0. The Morgan fingerprint density at radius 1 is 1.04 bits per heavy atom. The predicted octanol–water partition coefficient (Wildman–Crippen LogP) is 1.60. The zero-order valence-electron chi connectivity index (χ0n) is 14.8. The van der Waals surface area contributed by atoms with Crippen molar-refractivity contribution in [2.24, 2.45) is 0 Å². The number of carbonyl (C=O) groups excluding carboxylic acids is 2. The Hall–Kier alpha value is -2.86. The molecule has 1 saturated heterocycles. The smallest absolute Gasteiger partial charge is 0.252 e. The van der Waals surface area contributed by atoms with Crippen LogP contribution in [0.2, 0.25) is 0 Å². The zero-order chi connectivity index (χ0) is 18.4. The number of hydrogen-bond acceptors (Lipinski definition) is 4. The fraction of sp³-hybridized carbons (Fsp3) is 0.300. The van der Waals surface area contributed by atoms with Gasteiger partial charge in [-0.05, 0) is 29.8 Å². The van der Waals surface area contributed by atoms with E-state index in [2.05, 4.69) is 10.6 Å². The molecule has 2 aromatic rings. The molecule has 2 N–H and O–H groups in total. The highest BCUT2D eigenvalue weighted by molar-refractivity contribution is 5.98. The first-order valence-corrected chi connectivity index (χ1v) is 8.68. The second-order valence-electron chi connectivity index (χ2n) is 6.12. The summed E-state index contributed by atoms with van der Waals surface area (Å²) in [5, 5.41) is 6.13. The van der Waals surface area contributed by atoms with Crippen LogP contribution >= 0.6 is 0 Å². The molecule has 3 rings (SSSR count). The Balaban J connectivity index is 1.80. The van der Waals surface area contributed by atoms with Crippen molar-refractivity contribution >= 4 is 11.8 Å². The van der Waals surface area contributed by atoms with Crippen LogP contribution in [0.15, 0.2) is 54.6 Å². The average Bonchev–Trinajstić information content (AvgIpc) is 2.72. The van der Waals surface area contributed by atoms with Crippen molar-refractivity contribution in [3.63, 3.8) is 0 Å². The highest BCUT2D eigenvalue weighted by Gasteiger charge is 2.28. The van der Waals surface area contributed by atoms with Gasteiger partial charge in [-0.1, -0.05) is 30.3 Å². The third-order valence-corrected chi connectivity index (χ3v) is 4.44. The van der Waals surface area contributed by atoms with Gasteiger partial charge in [0, 0.05) is 31.7 Å². The molecule has 6 nitrogen and oxygen atoms in total. The number of carbonyl (C=O) groups is 2. The molecule has 1 atom stereocenters. The number of piperazine rings is 1. The van der Waals surface area contributed by atoms with Crippen LogP contribution in [-0.2, 0) is 4.79 Å². The van der Waals surface area contributed by atoms with Crippen molar-refractivity contribution in [2.45, 2.75) is 6.04 Å². The Labute approximate surface area is 153 Å². The summed E-state index contributed by atoms with van der Waals surface area (Å²) in [5.41, 5.74) is 1.26. The Bertz CT molecular complexity index is 741. The standard InChI is InChI=1S/C20H23N3O3/c1-26-17-9-7-16(8-10-17)19(24)22-18(15-5-3-2-4-6-15)20(25)23-13-11-21-12-14-23/h2-10,18,21H,11-14H2,1H3,(H,22,24)/t18-/m1/s1. The summed E-state index contributed by atoms with van der Waals surface area (Å²) in [5.74, 6) is 0.308. The topological polar surface area (TPSA) is 70.7 Å². The molecule has 1 aliphatic rings. The van der Waals surface area contributed by atoms with Crippen molar-refractivity contribution in [2.75, 3.05) is 33.3 Å². The molecule has 6 heteroatoms. The second kappa shape index (κ2) is 8.49. The molecular formula is C20H23N3O3. The molecular weight excluding hydrogens is 330 g/mol. The normalized spacial score (nSPS) is 15.2. The van der Waals surface area contributed by atoms with Gasteiger partial charge in [0.2, 0.25) is 5.91 Å².